The van der Waals surface area contributed by atoms with Gasteiger partial charge in [-0.2, -0.15) is 11.8 Å². The zero-order chi connectivity index (χ0) is 19.5. The van der Waals surface area contributed by atoms with E-state index in [2.05, 4.69) is 22.8 Å². The fourth-order valence-corrected chi connectivity index (χ4v) is 3.25. The number of carbonyl (C=O) groups is 2. The Kier molecular flexibility index (Phi) is 8.92. The maximum atomic E-state index is 12.7. The normalized spacial score (nSPS) is 12.8. The molecule has 0 aliphatic heterocycles. The van der Waals surface area contributed by atoms with E-state index >= 15 is 0 Å². The number of rotatable bonds is 10. The summed E-state index contributed by atoms with van der Waals surface area (Å²) in [6.45, 7) is 2.01. The highest BCUT2D eigenvalue weighted by Crippen LogP contribution is 2.07. The van der Waals surface area contributed by atoms with E-state index in [1.165, 1.54) is 5.56 Å². The van der Waals surface area contributed by atoms with Crippen molar-refractivity contribution in [2.75, 3.05) is 12.0 Å². The van der Waals surface area contributed by atoms with Gasteiger partial charge in [0.05, 0.1) is 0 Å². The highest BCUT2D eigenvalue weighted by atomic mass is 32.2. The minimum Gasteiger partial charge on any atom is -0.352 e. The van der Waals surface area contributed by atoms with E-state index < -0.39 is 6.04 Å². The lowest BCUT2D eigenvalue weighted by atomic mass is 10.1. The number of hydrogen-bond acceptors (Lipinski definition) is 3. The summed E-state index contributed by atoms with van der Waals surface area (Å²) in [6, 6.07) is 18.8. The smallest absolute Gasteiger partial charge is 0.251 e. The molecule has 0 aliphatic rings. The van der Waals surface area contributed by atoms with E-state index in [0.717, 1.165) is 18.6 Å². The number of amides is 2. The number of thioether (sulfide) groups is 1. The zero-order valence-corrected chi connectivity index (χ0v) is 16.8. The minimum atomic E-state index is -0.524. The Hall–Kier alpha value is -2.27. The van der Waals surface area contributed by atoms with Gasteiger partial charge in [-0.1, -0.05) is 48.5 Å². The van der Waals surface area contributed by atoms with Gasteiger partial charge in [-0.05, 0) is 55.9 Å². The van der Waals surface area contributed by atoms with Crippen LogP contribution >= 0.6 is 11.8 Å². The molecule has 0 saturated carbocycles. The van der Waals surface area contributed by atoms with Crippen molar-refractivity contribution in [1.29, 1.82) is 0 Å². The van der Waals surface area contributed by atoms with Gasteiger partial charge in [0.1, 0.15) is 6.04 Å². The van der Waals surface area contributed by atoms with Gasteiger partial charge in [0.2, 0.25) is 5.91 Å². The first-order valence-electron chi connectivity index (χ1n) is 9.29. The van der Waals surface area contributed by atoms with Crippen LogP contribution in [0.1, 0.15) is 35.7 Å². The molecule has 4 nitrogen and oxygen atoms in total. The first-order chi connectivity index (χ1) is 13.1. The van der Waals surface area contributed by atoms with Gasteiger partial charge in [-0.25, -0.2) is 0 Å². The van der Waals surface area contributed by atoms with Crippen LogP contribution in [0, 0.1) is 0 Å². The third-order valence-corrected chi connectivity index (χ3v) is 5.01. The lowest BCUT2D eigenvalue weighted by Crippen LogP contribution is -2.49. The van der Waals surface area contributed by atoms with E-state index in [0.29, 0.717) is 12.0 Å². The summed E-state index contributed by atoms with van der Waals surface area (Å²) in [6.07, 6.45) is 4.37. The maximum absolute atomic E-state index is 12.7. The summed E-state index contributed by atoms with van der Waals surface area (Å²) in [4.78, 5) is 25.1. The molecule has 0 aliphatic carbocycles. The standard InChI is InChI=1S/C22H28N2O2S/c1-17(13-14-18-9-5-3-6-10-18)23-22(26)20(15-16-27-2)24-21(25)19-11-7-4-8-12-19/h3-12,17,20H,13-16H2,1-2H3,(H,23,26)(H,24,25)/t17-,20+/m0/s1. The second-order valence-corrected chi connectivity index (χ2v) is 7.59. The highest BCUT2D eigenvalue weighted by Gasteiger charge is 2.22. The van der Waals surface area contributed by atoms with E-state index in [-0.39, 0.29) is 17.9 Å². The van der Waals surface area contributed by atoms with E-state index in [9.17, 15) is 9.59 Å². The average molecular weight is 385 g/mol. The molecular formula is C22H28N2O2S. The van der Waals surface area contributed by atoms with Crippen molar-refractivity contribution in [3.05, 3.63) is 71.8 Å². The molecule has 27 heavy (non-hydrogen) atoms. The Balaban J connectivity index is 1.89. The van der Waals surface area contributed by atoms with Crippen LogP contribution in [0.4, 0.5) is 0 Å². The van der Waals surface area contributed by atoms with Crippen molar-refractivity contribution in [3.63, 3.8) is 0 Å². The van der Waals surface area contributed by atoms with E-state index in [4.69, 9.17) is 0 Å². The molecule has 0 fully saturated rings. The van der Waals surface area contributed by atoms with Crippen LogP contribution in [0.5, 0.6) is 0 Å². The number of benzene rings is 2. The van der Waals surface area contributed by atoms with Gasteiger partial charge < -0.3 is 10.6 Å². The molecule has 2 aromatic carbocycles. The first kappa shape index (κ1) is 21.0. The molecule has 5 heteroatoms. The molecule has 0 radical (unpaired) electrons. The van der Waals surface area contributed by atoms with Crippen molar-refractivity contribution in [2.24, 2.45) is 0 Å². The van der Waals surface area contributed by atoms with Crippen LogP contribution in [-0.4, -0.2) is 35.9 Å². The Morgan fingerprint density at radius 2 is 1.56 bits per heavy atom. The number of hydrogen-bond donors (Lipinski definition) is 2. The Labute approximate surface area is 166 Å². The summed E-state index contributed by atoms with van der Waals surface area (Å²) in [5.74, 6) is 0.480. The fourth-order valence-electron chi connectivity index (χ4n) is 2.78. The van der Waals surface area contributed by atoms with Crippen LogP contribution in [0.25, 0.3) is 0 Å². The SMILES string of the molecule is CSCC[C@@H](NC(=O)c1ccccc1)C(=O)N[C@@H](C)CCc1ccccc1. The van der Waals surface area contributed by atoms with Crippen LogP contribution in [0.3, 0.4) is 0 Å². The topological polar surface area (TPSA) is 58.2 Å². The van der Waals surface area contributed by atoms with Crippen LogP contribution in [-0.2, 0) is 11.2 Å². The van der Waals surface area contributed by atoms with Gasteiger partial charge in [0, 0.05) is 11.6 Å². The van der Waals surface area contributed by atoms with Crippen molar-refractivity contribution in [1.82, 2.24) is 10.6 Å². The Bertz CT molecular complexity index is 707. The van der Waals surface area contributed by atoms with E-state index in [1.807, 2.05) is 49.6 Å². The summed E-state index contributed by atoms with van der Waals surface area (Å²) in [7, 11) is 0. The zero-order valence-electron chi connectivity index (χ0n) is 16.0. The van der Waals surface area contributed by atoms with E-state index in [1.54, 1.807) is 23.9 Å². The second kappa shape index (κ2) is 11.4. The molecule has 0 saturated heterocycles. The summed E-state index contributed by atoms with van der Waals surface area (Å²) in [5.41, 5.74) is 1.83. The highest BCUT2D eigenvalue weighted by molar-refractivity contribution is 7.98. The molecule has 0 spiro atoms. The number of carbonyl (C=O) groups excluding carboxylic acids is 2. The number of nitrogens with one attached hydrogen (secondary N) is 2. The lowest BCUT2D eigenvalue weighted by Gasteiger charge is -2.21. The largest absolute Gasteiger partial charge is 0.352 e. The average Bonchev–Trinajstić information content (AvgIpc) is 2.70. The third-order valence-electron chi connectivity index (χ3n) is 4.37. The fraction of sp³-hybridized carbons (Fsp3) is 0.364. The summed E-state index contributed by atoms with van der Waals surface area (Å²) < 4.78 is 0. The number of aryl methyl sites for hydroxylation is 1. The predicted molar refractivity (Wildman–Crippen MR) is 113 cm³/mol. The molecule has 0 heterocycles. The summed E-state index contributed by atoms with van der Waals surface area (Å²) >= 11 is 1.67. The molecular weight excluding hydrogens is 356 g/mol. The predicted octanol–water partition coefficient (Wildman–Crippen LogP) is 3.68. The molecule has 2 N–H and O–H groups in total. The van der Waals surface area contributed by atoms with Gasteiger partial charge in [-0.3, -0.25) is 9.59 Å². The Morgan fingerprint density at radius 3 is 2.19 bits per heavy atom. The van der Waals surface area contributed by atoms with Gasteiger partial charge >= 0.3 is 0 Å². The van der Waals surface area contributed by atoms with Crippen LogP contribution < -0.4 is 10.6 Å². The molecule has 144 valence electrons. The quantitative estimate of drug-likeness (QED) is 0.657. The molecule has 2 rings (SSSR count). The molecule has 2 aromatic rings. The van der Waals surface area contributed by atoms with Gasteiger partial charge in [-0.15, -0.1) is 0 Å². The van der Waals surface area contributed by atoms with Crippen LogP contribution in [0.2, 0.25) is 0 Å². The minimum absolute atomic E-state index is 0.0445. The molecule has 2 atom stereocenters. The summed E-state index contributed by atoms with van der Waals surface area (Å²) in [5, 5.41) is 5.94. The van der Waals surface area contributed by atoms with Crippen molar-refractivity contribution >= 4 is 23.6 Å². The van der Waals surface area contributed by atoms with Gasteiger partial charge in [0.15, 0.2) is 0 Å². The van der Waals surface area contributed by atoms with Crippen molar-refractivity contribution in [2.45, 2.75) is 38.3 Å². The first-order valence-corrected chi connectivity index (χ1v) is 10.7. The maximum Gasteiger partial charge on any atom is 0.251 e. The molecule has 0 aromatic heterocycles. The molecule has 0 bridgehead atoms. The van der Waals surface area contributed by atoms with Crippen LogP contribution in [0.15, 0.2) is 60.7 Å². The van der Waals surface area contributed by atoms with Crippen molar-refractivity contribution < 1.29 is 9.59 Å². The second-order valence-electron chi connectivity index (χ2n) is 6.61. The van der Waals surface area contributed by atoms with Crippen molar-refractivity contribution in [3.8, 4) is 0 Å². The third kappa shape index (κ3) is 7.47. The monoisotopic (exact) mass is 384 g/mol. The lowest BCUT2D eigenvalue weighted by molar-refractivity contribution is -0.123. The van der Waals surface area contributed by atoms with Gasteiger partial charge in [0.25, 0.3) is 5.91 Å². The molecule has 2 amide bonds. The Morgan fingerprint density at radius 1 is 0.926 bits per heavy atom. The molecule has 0 unspecified atom stereocenters.